The molecule has 0 amide bonds. The second kappa shape index (κ2) is 18.1. The normalized spacial score (nSPS) is 12.5. The molecule has 5 nitrogen and oxygen atoms in total. The molecular formula is C29H46O5. The molecule has 34 heavy (non-hydrogen) atoms. The molecule has 192 valence electrons. The number of carbonyl (C=O) groups is 2. The Morgan fingerprint density at radius 2 is 1.24 bits per heavy atom. The molecular weight excluding hydrogens is 428 g/mol. The van der Waals surface area contributed by atoms with Crippen molar-refractivity contribution in [3.8, 4) is 5.75 Å². The Hall–Kier alpha value is -2.30. The van der Waals surface area contributed by atoms with Crippen molar-refractivity contribution < 1.29 is 23.8 Å². The average molecular weight is 475 g/mol. The molecule has 0 radical (unpaired) electrons. The highest BCUT2D eigenvalue weighted by molar-refractivity contribution is 6.17. The summed E-state index contributed by atoms with van der Waals surface area (Å²) in [5, 5.41) is 0. The van der Waals surface area contributed by atoms with Crippen molar-refractivity contribution in [1.82, 2.24) is 0 Å². The van der Waals surface area contributed by atoms with Crippen molar-refractivity contribution in [2.24, 2.45) is 11.8 Å². The summed E-state index contributed by atoms with van der Waals surface area (Å²) in [6, 6.07) is 7.17. The topological polar surface area (TPSA) is 61.8 Å². The lowest BCUT2D eigenvalue weighted by Crippen LogP contribution is -2.20. The number of hydrogen-bond acceptors (Lipinski definition) is 5. The fourth-order valence-corrected chi connectivity index (χ4v) is 3.70. The quantitative estimate of drug-likeness (QED) is 0.0730. The van der Waals surface area contributed by atoms with E-state index in [0.717, 1.165) is 25.7 Å². The van der Waals surface area contributed by atoms with Gasteiger partial charge in [-0.25, -0.2) is 9.59 Å². The molecule has 1 aromatic carbocycles. The SMILES string of the molecule is CCCCCC(C)CCOC(=O)C(=Cc1ccc(OC)cc1)C(=O)OCCC(C)CCCCC. The van der Waals surface area contributed by atoms with Gasteiger partial charge in [0, 0.05) is 0 Å². The monoisotopic (exact) mass is 474 g/mol. The van der Waals surface area contributed by atoms with Gasteiger partial charge in [0.2, 0.25) is 0 Å². The van der Waals surface area contributed by atoms with Gasteiger partial charge < -0.3 is 14.2 Å². The van der Waals surface area contributed by atoms with Crippen molar-refractivity contribution in [3.05, 3.63) is 35.4 Å². The standard InChI is InChI=1S/C29H46O5/c1-6-8-10-12-23(3)18-20-33-28(30)27(22-25-14-16-26(32-5)17-15-25)29(31)34-21-19-24(4)13-11-9-7-2/h14-17,22-24H,6-13,18-21H2,1-5H3. The second-order valence-electron chi connectivity index (χ2n) is 9.38. The Kier molecular flexibility index (Phi) is 15.8. The summed E-state index contributed by atoms with van der Waals surface area (Å²) in [4.78, 5) is 25.6. The molecule has 1 rings (SSSR count). The number of unbranched alkanes of at least 4 members (excludes halogenated alkanes) is 4. The zero-order valence-corrected chi connectivity index (χ0v) is 22.1. The van der Waals surface area contributed by atoms with Gasteiger partial charge in [-0.2, -0.15) is 0 Å². The predicted molar refractivity (Wildman–Crippen MR) is 139 cm³/mol. The minimum absolute atomic E-state index is 0.0672. The van der Waals surface area contributed by atoms with Gasteiger partial charge in [0.25, 0.3) is 0 Å². The second-order valence-corrected chi connectivity index (χ2v) is 9.38. The van der Waals surface area contributed by atoms with E-state index in [4.69, 9.17) is 14.2 Å². The van der Waals surface area contributed by atoms with E-state index in [9.17, 15) is 9.59 Å². The fourth-order valence-electron chi connectivity index (χ4n) is 3.70. The number of carbonyl (C=O) groups excluding carboxylic acids is 2. The maximum Gasteiger partial charge on any atom is 0.345 e. The number of hydrogen-bond donors (Lipinski definition) is 0. The smallest absolute Gasteiger partial charge is 0.345 e. The third kappa shape index (κ3) is 12.8. The summed E-state index contributed by atoms with van der Waals surface area (Å²) in [6.45, 7) is 9.33. The van der Waals surface area contributed by atoms with Gasteiger partial charge >= 0.3 is 11.9 Å². The van der Waals surface area contributed by atoms with Gasteiger partial charge in [0.15, 0.2) is 0 Å². The minimum atomic E-state index is -0.627. The lowest BCUT2D eigenvalue weighted by atomic mass is 10.0. The number of ether oxygens (including phenoxy) is 3. The molecule has 0 heterocycles. The minimum Gasteiger partial charge on any atom is -0.497 e. The van der Waals surface area contributed by atoms with E-state index < -0.39 is 11.9 Å². The van der Waals surface area contributed by atoms with Crippen LogP contribution in [0.1, 0.15) is 97.5 Å². The third-order valence-corrected chi connectivity index (χ3v) is 6.16. The number of benzene rings is 1. The van der Waals surface area contributed by atoms with E-state index in [1.807, 2.05) is 0 Å². The Bertz CT molecular complexity index is 687. The number of methoxy groups -OCH3 is 1. The summed E-state index contributed by atoms with van der Waals surface area (Å²) in [6.07, 6.45) is 12.6. The Labute approximate surface area is 207 Å². The Balaban J connectivity index is 2.72. The summed E-state index contributed by atoms with van der Waals surface area (Å²) in [5.74, 6) is 0.414. The van der Waals surface area contributed by atoms with Gasteiger partial charge in [-0.1, -0.05) is 91.2 Å². The Morgan fingerprint density at radius 1 is 0.765 bits per heavy atom. The molecule has 0 aliphatic carbocycles. The van der Waals surface area contributed by atoms with Crippen molar-refractivity contribution in [3.63, 3.8) is 0 Å². The van der Waals surface area contributed by atoms with Gasteiger partial charge in [-0.15, -0.1) is 0 Å². The lowest BCUT2D eigenvalue weighted by molar-refractivity contribution is -0.147. The first-order valence-electron chi connectivity index (χ1n) is 13.1. The van der Waals surface area contributed by atoms with Crippen LogP contribution in [0.25, 0.3) is 6.08 Å². The molecule has 5 heteroatoms. The number of esters is 2. The van der Waals surface area contributed by atoms with Crippen molar-refractivity contribution in [1.29, 1.82) is 0 Å². The average Bonchev–Trinajstić information content (AvgIpc) is 2.83. The van der Waals surface area contributed by atoms with E-state index in [-0.39, 0.29) is 5.57 Å². The van der Waals surface area contributed by atoms with Crippen LogP contribution in [-0.2, 0) is 19.1 Å². The molecule has 1 aromatic rings. The van der Waals surface area contributed by atoms with E-state index in [0.29, 0.717) is 36.4 Å². The zero-order chi connectivity index (χ0) is 25.2. The molecule has 0 fully saturated rings. The lowest BCUT2D eigenvalue weighted by Gasteiger charge is -2.14. The molecule has 0 aliphatic rings. The molecule has 0 aromatic heterocycles. The molecule has 2 unspecified atom stereocenters. The molecule has 0 saturated heterocycles. The molecule has 0 spiro atoms. The van der Waals surface area contributed by atoms with E-state index in [2.05, 4.69) is 27.7 Å². The van der Waals surface area contributed by atoms with Crippen LogP contribution in [0, 0.1) is 11.8 Å². The molecule has 0 bridgehead atoms. The van der Waals surface area contributed by atoms with Crippen molar-refractivity contribution in [2.45, 2.75) is 91.9 Å². The summed E-state index contributed by atoms with van der Waals surface area (Å²) in [5.41, 5.74) is 0.646. The molecule has 0 aliphatic heterocycles. The van der Waals surface area contributed by atoms with Crippen molar-refractivity contribution >= 4 is 18.0 Å². The predicted octanol–water partition coefficient (Wildman–Crippen LogP) is 7.38. The molecule has 0 N–H and O–H groups in total. The first kappa shape index (κ1) is 29.7. The van der Waals surface area contributed by atoms with E-state index in [1.54, 1.807) is 37.5 Å². The van der Waals surface area contributed by atoms with Gasteiger partial charge in [0.05, 0.1) is 20.3 Å². The number of rotatable bonds is 18. The maximum atomic E-state index is 12.8. The van der Waals surface area contributed by atoms with Gasteiger partial charge in [0.1, 0.15) is 11.3 Å². The van der Waals surface area contributed by atoms with E-state index in [1.165, 1.54) is 38.5 Å². The largest absolute Gasteiger partial charge is 0.497 e. The van der Waals surface area contributed by atoms with Gasteiger partial charge in [-0.05, 0) is 48.4 Å². The summed E-state index contributed by atoms with van der Waals surface area (Å²) in [7, 11) is 1.59. The highest BCUT2D eigenvalue weighted by Gasteiger charge is 2.22. The van der Waals surface area contributed by atoms with Gasteiger partial charge in [-0.3, -0.25) is 0 Å². The zero-order valence-electron chi connectivity index (χ0n) is 22.1. The van der Waals surface area contributed by atoms with E-state index >= 15 is 0 Å². The third-order valence-electron chi connectivity index (χ3n) is 6.16. The first-order valence-corrected chi connectivity index (χ1v) is 13.1. The van der Waals surface area contributed by atoms with Crippen LogP contribution in [0.2, 0.25) is 0 Å². The van der Waals surface area contributed by atoms with Crippen LogP contribution in [0.15, 0.2) is 29.8 Å². The van der Waals surface area contributed by atoms with Crippen LogP contribution in [-0.4, -0.2) is 32.3 Å². The highest BCUT2D eigenvalue weighted by Crippen LogP contribution is 2.18. The van der Waals surface area contributed by atoms with Crippen LogP contribution < -0.4 is 4.74 Å². The molecule has 2 atom stereocenters. The summed E-state index contributed by atoms with van der Waals surface area (Å²) < 4.78 is 16.1. The first-order chi connectivity index (χ1) is 16.4. The summed E-state index contributed by atoms with van der Waals surface area (Å²) >= 11 is 0. The van der Waals surface area contributed by atoms with Crippen LogP contribution >= 0.6 is 0 Å². The fraction of sp³-hybridized carbons (Fsp3) is 0.655. The Morgan fingerprint density at radius 3 is 1.65 bits per heavy atom. The van der Waals surface area contributed by atoms with Crippen molar-refractivity contribution in [2.75, 3.05) is 20.3 Å². The highest BCUT2D eigenvalue weighted by atomic mass is 16.6. The van der Waals surface area contributed by atoms with Crippen LogP contribution in [0.4, 0.5) is 0 Å². The van der Waals surface area contributed by atoms with Crippen LogP contribution in [0.5, 0.6) is 5.75 Å². The molecule has 0 saturated carbocycles. The van der Waals surface area contributed by atoms with Crippen LogP contribution in [0.3, 0.4) is 0 Å². The maximum absolute atomic E-state index is 12.8.